The fourth-order valence-corrected chi connectivity index (χ4v) is 4.00. The van der Waals surface area contributed by atoms with E-state index in [4.69, 9.17) is 16.3 Å². The monoisotopic (exact) mass is 556 g/mol. The zero-order chi connectivity index (χ0) is 25.2. The van der Waals surface area contributed by atoms with Crippen LogP contribution in [-0.4, -0.2) is 35.9 Å². The summed E-state index contributed by atoms with van der Waals surface area (Å²) in [4.78, 5) is 28.5. The number of rotatable bonds is 11. The van der Waals surface area contributed by atoms with Gasteiger partial charge < -0.3 is 15.0 Å². The van der Waals surface area contributed by atoms with Gasteiger partial charge in [0, 0.05) is 24.0 Å². The SMILES string of the molecule is CC(C)CNC(=O)[C@H](Cc1ccccc1)N(Cc1ccc(Br)cc1)C(=O)COc1ccccc1Cl. The Morgan fingerprint density at radius 3 is 2.26 bits per heavy atom. The molecule has 1 N–H and O–H groups in total. The van der Waals surface area contributed by atoms with Crippen molar-refractivity contribution in [2.24, 2.45) is 5.92 Å². The molecule has 0 radical (unpaired) electrons. The Kier molecular flexibility index (Phi) is 10.2. The largest absolute Gasteiger partial charge is 0.482 e. The number of halogens is 2. The summed E-state index contributed by atoms with van der Waals surface area (Å²) in [6.45, 7) is 4.64. The Morgan fingerprint density at radius 1 is 0.943 bits per heavy atom. The Hall–Kier alpha value is -2.83. The summed E-state index contributed by atoms with van der Waals surface area (Å²) >= 11 is 9.66. The number of ether oxygens (including phenoxy) is 1. The van der Waals surface area contributed by atoms with Crippen LogP contribution in [0.3, 0.4) is 0 Å². The van der Waals surface area contributed by atoms with Crippen LogP contribution in [-0.2, 0) is 22.6 Å². The number of benzene rings is 3. The molecule has 184 valence electrons. The van der Waals surface area contributed by atoms with Crippen molar-refractivity contribution < 1.29 is 14.3 Å². The molecule has 0 fully saturated rings. The van der Waals surface area contributed by atoms with Crippen LogP contribution < -0.4 is 10.1 Å². The lowest BCUT2D eigenvalue weighted by molar-refractivity contribution is -0.142. The zero-order valence-corrected chi connectivity index (χ0v) is 22.3. The highest BCUT2D eigenvalue weighted by molar-refractivity contribution is 9.10. The van der Waals surface area contributed by atoms with E-state index in [1.165, 1.54) is 0 Å². The number of hydrogen-bond acceptors (Lipinski definition) is 3. The van der Waals surface area contributed by atoms with Crippen LogP contribution in [0, 0.1) is 5.92 Å². The molecule has 3 aromatic rings. The summed E-state index contributed by atoms with van der Waals surface area (Å²) in [5.41, 5.74) is 1.88. The summed E-state index contributed by atoms with van der Waals surface area (Å²) in [7, 11) is 0. The Labute approximate surface area is 220 Å². The second-order valence-electron chi connectivity index (χ2n) is 8.71. The van der Waals surface area contributed by atoms with Crippen molar-refractivity contribution in [1.82, 2.24) is 10.2 Å². The number of amides is 2. The van der Waals surface area contributed by atoms with Gasteiger partial charge >= 0.3 is 0 Å². The van der Waals surface area contributed by atoms with E-state index in [9.17, 15) is 9.59 Å². The van der Waals surface area contributed by atoms with Crippen LogP contribution in [0.1, 0.15) is 25.0 Å². The molecule has 0 bridgehead atoms. The quantitative estimate of drug-likeness (QED) is 0.320. The van der Waals surface area contributed by atoms with Crippen molar-refractivity contribution in [1.29, 1.82) is 0 Å². The number of carbonyl (C=O) groups is 2. The lowest BCUT2D eigenvalue weighted by Gasteiger charge is -2.31. The Morgan fingerprint density at radius 2 is 1.60 bits per heavy atom. The van der Waals surface area contributed by atoms with Gasteiger partial charge in [0.15, 0.2) is 6.61 Å². The van der Waals surface area contributed by atoms with E-state index in [0.29, 0.717) is 23.7 Å². The Bertz CT molecular complexity index is 1110. The fraction of sp³-hybridized carbons (Fsp3) is 0.286. The summed E-state index contributed by atoms with van der Waals surface area (Å²) in [6.07, 6.45) is 0.388. The number of nitrogens with one attached hydrogen (secondary N) is 1. The molecular weight excluding hydrogens is 528 g/mol. The van der Waals surface area contributed by atoms with Crippen LogP contribution >= 0.6 is 27.5 Å². The fourth-order valence-electron chi connectivity index (χ4n) is 3.55. The molecule has 1 atom stereocenters. The molecular formula is C28H30BrClN2O3. The molecule has 5 nitrogen and oxygen atoms in total. The third kappa shape index (κ3) is 8.41. The van der Waals surface area contributed by atoms with Crippen molar-refractivity contribution in [3.05, 3.63) is 99.5 Å². The van der Waals surface area contributed by atoms with Gasteiger partial charge in [-0.05, 0) is 41.3 Å². The van der Waals surface area contributed by atoms with Gasteiger partial charge in [-0.3, -0.25) is 9.59 Å². The Balaban J connectivity index is 1.90. The second-order valence-corrected chi connectivity index (χ2v) is 10.0. The van der Waals surface area contributed by atoms with Crippen LogP contribution in [0.5, 0.6) is 5.75 Å². The number of carbonyl (C=O) groups excluding carboxylic acids is 2. The van der Waals surface area contributed by atoms with Crippen molar-refractivity contribution in [3.8, 4) is 5.75 Å². The van der Waals surface area contributed by atoms with E-state index in [2.05, 4.69) is 21.2 Å². The van der Waals surface area contributed by atoms with E-state index in [-0.39, 0.29) is 30.9 Å². The first-order chi connectivity index (χ1) is 16.8. The highest BCUT2D eigenvalue weighted by Crippen LogP contribution is 2.24. The summed E-state index contributed by atoms with van der Waals surface area (Å²) in [5, 5.41) is 3.44. The van der Waals surface area contributed by atoms with Gasteiger partial charge in [-0.1, -0.05) is 96.0 Å². The molecule has 3 aromatic carbocycles. The van der Waals surface area contributed by atoms with Gasteiger partial charge in [-0.2, -0.15) is 0 Å². The minimum absolute atomic E-state index is 0.189. The predicted octanol–water partition coefficient (Wildman–Crippen LogP) is 5.89. The lowest BCUT2D eigenvalue weighted by Crippen LogP contribution is -2.52. The van der Waals surface area contributed by atoms with Crippen LogP contribution in [0.25, 0.3) is 0 Å². The molecule has 0 unspecified atom stereocenters. The first-order valence-electron chi connectivity index (χ1n) is 11.6. The summed E-state index contributed by atoms with van der Waals surface area (Å²) in [6, 6.07) is 23.7. The van der Waals surface area contributed by atoms with Crippen LogP contribution in [0.15, 0.2) is 83.3 Å². The third-order valence-corrected chi connectivity index (χ3v) is 6.25. The number of para-hydroxylation sites is 1. The maximum Gasteiger partial charge on any atom is 0.261 e. The standard InChI is InChI=1S/C28H30BrClN2O3/c1-20(2)17-31-28(34)25(16-21-8-4-3-5-9-21)32(18-22-12-14-23(29)15-13-22)27(33)19-35-26-11-7-6-10-24(26)30/h3-15,20,25H,16-19H2,1-2H3,(H,31,34)/t25-/m0/s1. The molecule has 2 amide bonds. The minimum atomic E-state index is -0.706. The molecule has 0 heterocycles. The second kappa shape index (κ2) is 13.3. The van der Waals surface area contributed by atoms with Gasteiger partial charge in [0.2, 0.25) is 5.91 Å². The van der Waals surface area contributed by atoms with Gasteiger partial charge in [-0.15, -0.1) is 0 Å². The van der Waals surface area contributed by atoms with E-state index in [1.54, 1.807) is 29.2 Å². The average molecular weight is 558 g/mol. The van der Waals surface area contributed by atoms with Gasteiger partial charge in [0.1, 0.15) is 11.8 Å². The van der Waals surface area contributed by atoms with E-state index in [0.717, 1.165) is 15.6 Å². The van der Waals surface area contributed by atoms with Crippen LogP contribution in [0.4, 0.5) is 0 Å². The van der Waals surface area contributed by atoms with E-state index in [1.807, 2.05) is 68.4 Å². The third-order valence-electron chi connectivity index (χ3n) is 5.41. The van der Waals surface area contributed by atoms with Crippen molar-refractivity contribution in [2.75, 3.05) is 13.2 Å². The summed E-state index contributed by atoms with van der Waals surface area (Å²) in [5.74, 6) is 0.227. The maximum absolute atomic E-state index is 13.5. The minimum Gasteiger partial charge on any atom is -0.482 e. The first kappa shape index (κ1) is 26.8. The first-order valence-corrected chi connectivity index (χ1v) is 12.7. The summed E-state index contributed by atoms with van der Waals surface area (Å²) < 4.78 is 6.69. The normalized spacial score (nSPS) is 11.7. The van der Waals surface area contributed by atoms with Crippen molar-refractivity contribution >= 4 is 39.3 Å². The maximum atomic E-state index is 13.5. The zero-order valence-electron chi connectivity index (χ0n) is 19.9. The average Bonchev–Trinajstić information content (AvgIpc) is 2.85. The molecule has 0 spiro atoms. The predicted molar refractivity (Wildman–Crippen MR) is 143 cm³/mol. The van der Waals surface area contributed by atoms with Gasteiger partial charge in [0.25, 0.3) is 5.91 Å². The molecule has 0 aromatic heterocycles. The van der Waals surface area contributed by atoms with Gasteiger partial charge in [0.05, 0.1) is 5.02 Å². The highest BCUT2D eigenvalue weighted by Gasteiger charge is 2.30. The molecule has 3 rings (SSSR count). The molecule has 0 saturated carbocycles. The molecule has 0 aliphatic heterocycles. The molecule has 35 heavy (non-hydrogen) atoms. The smallest absolute Gasteiger partial charge is 0.261 e. The molecule has 0 saturated heterocycles. The topological polar surface area (TPSA) is 58.6 Å². The number of hydrogen-bond donors (Lipinski definition) is 1. The van der Waals surface area contributed by atoms with E-state index >= 15 is 0 Å². The molecule has 7 heteroatoms. The van der Waals surface area contributed by atoms with Crippen molar-refractivity contribution in [3.63, 3.8) is 0 Å². The lowest BCUT2D eigenvalue weighted by atomic mass is 10.0. The van der Waals surface area contributed by atoms with Crippen molar-refractivity contribution in [2.45, 2.75) is 32.9 Å². The molecule has 0 aliphatic carbocycles. The van der Waals surface area contributed by atoms with E-state index < -0.39 is 6.04 Å². The highest BCUT2D eigenvalue weighted by atomic mass is 79.9. The molecule has 0 aliphatic rings. The van der Waals surface area contributed by atoms with Crippen LogP contribution in [0.2, 0.25) is 5.02 Å². The number of nitrogens with zero attached hydrogens (tertiary/aromatic N) is 1. The van der Waals surface area contributed by atoms with Gasteiger partial charge in [-0.25, -0.2) is 0 Å².